The molecule has 1 saturated heterocycles. The van der Waals surface area contributed by atoms with E-state index in [0.29, 0.717) is 28.2 Å². The summed E-state index contributed by atoms with van der Waals surface area (Å²) in [5, 5.41) is 25.1. The van der Waals surface area contributed by atoms with E-state index in [1.54, 1.807) is 23.9 Å². The van der Waals surface area contributed by atoms with E-state index in [0.717, 1.165) is 35.8 Å². The zero-order valence-electron chi connectivity index (χ0n) is 23.4. The molecule has 1 amide bonds. The van der Waals surface area contributed by atoms with Crippen LogP contribution in [0.5, 0.6) is 0 Å². The molecular weight excluding hydrogens is 545 g/mol. The van der Waals surface area contributed by atoms with E-state index in [9.17, 15) is 19.1 Å². The highest BCUT2D eigenvalue weighted by Crippen LogP contribution is 2.48. The van der Waals surface area contributed by atoms with Crippen molar-refractivity contribution in [1.29, 1.82) is 0 Å². The van der Waals surface area contributed by atoms with Crippen molar-refractivity contribution in [1.82, 2.24) is 24.5 Å². The molecule has 0 spiro atoms. The smallest absolute Gasteiger partial charge is 0.290 e. The van der Waals surface area contributed by atoms with Gasteiger partial charge in [-0.05, 0) is 60.7 Å². The Balaban J connectivity index is 1.28. The third-order valence-electron chi connectivity index (χ3n) is 7.94. The number of hydrogen-bond acceptors (Lipinski definition) is 8. The van der Waals surface area contributed by atoms with Gasteiger partial charge >= 0.3 is 0 Å². The van der Waals surface area contributed by atoms with Crippen LogP contribution < -0.4 is 16.2 Å². The molecule has 1 fully saturated rings. The fraction of sp³-hybridized carbons (Fsp3) is 0.379. The number of rotatable bonds is 7. The van der Waals surface area contributed by atoms with Crippen molar-refractivity contribution >= 4 is 34.4 Å². The predicted octanol–water partition coefficient (Wildman–Crippen LogP) is 4.20. The first-order chi connectivity index (χ1) is 19.5. The number of carbonyl (C=O) groups excluding carboxylic acids is 1. The first-order valence-electron chi connectivity index (χ1n) is 13.5. The average Bonchev–Trinajstić information content (AvgIpc) is 3.53. The van der Waals surface area contributed by atoms with Gasteiger partial charge in [0.05, 0.1) is 28.6 Å². The van der Waals surface area contributed by atoms with Gasteiger partial charge in [-0.3, -0.25) is 19.2 Å². The number of amides is 1. The number of aryl methyl sites for hydroxylation is 2. The number of nitrogens with zero attached hydrogens (tertiary/aromatic N) is 5. The largest absolute Gasteiger partial charge is 0.388 e. The Kier molecular flexibility index (Phi) is 6.79. The number of thiophene rings is 1. The number of nitrogens with one attached hydrogen (secondary N) is 2. The molecule has 214 valence electrons. The summed E-state index contributed by atoms with van der Waals surface area (Å²) >= 11 is 1.31. The molecule has 1 unspecified atom stereocenters. The van der Waals surface area contributed by atoms with Crippen molar-refractivity contribution in [2.24, 2.45) is 19.5 Å². The van der Waals surface area contributed by atoms with Crippen LogP contribution in [0.4, 0.5) is 21.6 Å². The van der Waals surface area contributed by atoms with Gasteiger partial charge in [0.15, 0.2) is 5.82 Å². The monoisotopic (exact) mass is 577 g/mol. The molecule has 4 heterocycles. The van der Waals surface area contributed by atoms with E-state index in [-0.39, 0.29) is 22.3 Å². The van der Waals surface area contributed by atoms with Crippen molar-refractivity contribution in [3.05, 3.63) is 73.7 Å². The van der Waals surface area contributed by atoms with Gasteiger partial charge in [-0.2, -0.15) is 10.2 Å². The predicted molar refractivity (Wildman–Crippen MR) is 156 cm³/mol. The summed E-state index contributed by atoms with van der Waals surface area (Å²) in [6.45, 7) is 6.86. The van der Waals surface area contributed by atoms with Gasteiger partial charge < -0.3 is 15.7 Å². The van der Waals surface area contributed by atoms with Crippen LogP contribution in [0.1, 0.15) is 52.2 Å². The lowest BCUT2D eigenvalue weighted by atomic mass is 9.88. The lowest BCUT2D eigenvalue weighted by molar-refractivity contribution is 0.0665. The van der Waals surface area contributed by atoms with E-state index < -0.39 is 17.8 Å². The summed E-state index contributed by atoms with van der Waals surface area (Å²) in [5.41, 5.74) is 2.27. The van der Waals surface area contributed by atoms with E-state index in [1.165, 1.54) is 40.8 Å². The second kappa shape index (κ2) is 10.2. The van der Waals surface area contributed by atoms with E-state index >= 15 is 0 Å². The Morgan fingerprint density at radius 3 is 2.68 bits per heavy atom. The average molecular weight is 578 g/mol. The van der Waals surface area contributed by atoms with Crippen molar-refractivity contribution in [3.8, 4) is 11.1 Å². The molecule has 3 N–H and O–H groups in total. The number of aliphatic hydroxyl groups is 1. The minimum absolute atomic E-state index is 0.0248. The molecular formula is C29H32FN7O3S. The molecule has 1 aliphatic heterocycles. The second-order valence-electron chi connectivity index (χ2n) is 11.5. The Morgan fingerprint density at radius 2 is 1.98 bits per heavy atom. The normalized spacial score (nSPS) is 17.8. The first-order valence-corrected chi connectivity index (χ1v) is 14.3. The molecule has 4 aromatic rings. The topological polar surface area (TPSA) is 117 Å². The Bertz CT molecular complexity index is 1720. The van der Waals surface area contributed by atoms with E-state index in [1.807, 2.05) is 27.0 Å². The maximum absolute atomic E-state index is 14.9. The van der Waals surface area contributed by atoms with Crippen LogP contribution in [-0.4, -0.2) is 48.6 Å². The number of aliphatic hydroxyl groups excluding tert-OH is 1. The third-order valence-corrected chi connectivity index (χ3v) is 9.09. The van der Waals surface area contributed by atoms with Gasteiger partial charge in [-0.1, -0.05) is 19.9 Å². The standard InChI is InChI=1S/C29H32FN7O3S/c1-29(2)13-23-18(26(29)38)12-22(41-23)27(39)32-21-10-16(6-7-20(21)30)19-14-31-36(4)28(40)25(19)33-24-11-17(35(3)34-24)15-37-8-5-9-37/h6-7,10-12,14,26,38H,5,8-9,13,15H2,1-4H3,(H,32,39)(H,33,34). The Hall–Kier alpha value is -3.87. The van der Waals surface area contributed by atoms with Gasteiger partial charge in [0.25, 0.3) is 11.5 Å². The molecule has 6 rings (SSSR count). The molecule has 2 aliphatic rings. The van der Waals surface area contributed by atoms with Gasteiger partial charge in [0, 0.05) is 37.1 Å². The lowest BCUT2D eigenvalue weighted by Gasteiger charge is -2.30. The number of fused-ring (bicyclic) bond motifs is 1. The van der Waals surface area contributed by atoms with Crippen molar-refractivity contribution in [2.45, 2.75) is 39.3 Å². The Labute approximate surface area is 240 Å². The number of benzene rings is 1. The highest BCUT2D eigenvalue weighted by Gasteiger charge is 2.40. The van der Waals surface area contributed by atoms with Crippen molar-refractivity contribution in [3.63, 3.8) is 0 Å². The van der Waals surface area contributed by atoms with Gasteiger partial charge in [-0.25, -0.2) is 9.07 Å². The number of halogens is 1. The number of hydrogen-bond donors (Lipinski definition) is 3. The molecule has 0 saturated carbocycles. The summed E-state index contributed by atoms with van der Waals surface area (Å²) in [6.07, 6.45) is 2.74. The summed E-state index contributed by atoms with van der Waals surface area (Å²) in [4.78, 5) is 30.0. The van der Waals surface area contributed by atoms with Crippen LogP contribution in [0.2, 0.25) is 0 Å². The van der Waals surface area contributed by atoms with Crippen LogP contribution in [0, 0.1) is 11.2 Å². The van der Waals surface area contributed by atoms with Crippen LogP contribution in [0.15, 0.2) is 41.3 Å². The number of likely N-dealkylation sites (tertiary alicyclic amines) is 1. The SMILES string of the molecule is Cn1nc(Nc2c(-c3ccc(F)c(NC(=O)c4cc5c(s4)CC(C)(C)C5O)c3)cnn(C)c2=O)cc1CN1CCC1. The quantitative estimate of drug-likeness (QED) is 0.301. The van der Waals surface area contributed by atoms with Gasteiger partial charge in [0.1, 0.15) is 11.5 Å². The minimum atomic E-state index is -0.652. The summed E-state index contributed by atoms with van der Waals surface area (Å²) in [5.74, 6) is -0.563. The molecule has 0 bridgehead atoms. The number of aromatic nitrogens is 4. The molecule has 12 heteroatoms. The summed E-state index contributed by atoms with van der Waals surface area (Å²) < 4.78 is 17.9. The van der Waals surface area contributed by atoms with E-state index in [2.05, 4.69) is 25.7 Å². The molecule has 1 atom stereocenters. The molecule has 10 nitrogen and oxygen atoms in total. The molecule has 3 aromatic heterocycles. The fourth-order valence-electron chi connectivity index (χ4n) is 5.32. The van der Waals surface area contributed by atoms with Gasteiger partial charge in [0.2, 0.25) is 0 Å². The fourth-order valence-corrected chi connectivity index (χ4v) is 6.65. The van der Waals surface area contributed by atoms with E-state index in [4.69, 9.17) is 0 Å². The summed E-state index contributed by atoms with van der Waals surface area (Å²) in [6, 6.07) is 7.88. The molecule has 41 heavy (non-hydrogen) atoms. The second-order valence-corrected chi connectivity index (χ2v) is 12.6. The highest BCUT2D eigenvalue weighted by molar-refractivity contribution is 7.14. The molecule has 1 aromatic carbocycles. The minimum Gasteiger partial charge on any atom is -0.388 e. The number of anilines is 3. The first kappa shape index (κ1) is 27.3. The zero-order valence-corrected chi connectivity index (χ0v) is 24.2. The maximum atomic E-state index is 14.9. The molecule has 0 radical (unpaired) electrons. The highest BCUT2D eigenvalue weighted by atomic mass is 32.1. The van der Waals surface area contributed by atoms with Crippen LogP contribution in [0.3, 0.4) is 0 Å². The Morgan fingerprint density at radius 1 is 1.20 bits per heavy atom. The maximum Gasteiger partial charge on any atom is 0.290 e. The van der Waals surface area contributed by atoms with Crippen molar-refractivity contribution < 1.29 is 14.3 Å². The summed E-state index contributed by atoms with van der Waals surface area (Å²) in [7, 11) is 3.42. The van der Waals surface area contributed by atoms with Gasteiger partial charge in [-0.15, -0.1) is 11.3 Å². The third kappa shape index (κ3) is 5.07. The zero-order chi connectivity index (χ0) is 29.1. The lowest BCUT2D eigenvalue weighted by Crippen LogP contribution is -2.36. The van der Waals surface area contributed by atoms with Crippen molar-refractivity contribution in [2.75, 3.05) is 23.7 Å². The molecule has 1 aliphatic carbocycles. The number of carbonyl (C=O) groups is 1. The van der Waals surface area contributed by atoms with Crippen LogP contribution >= 0.6 is 11.3 Å². The van der Waals surface area contributed by atoms with Crippen LogP contribution in [-0.2, 0) is 27.1 Å². The van der Waals surface area contributed by atoms with Crippen LogP contribution in [0.25, 0.3) is 11.1 Å².